The van der Waals surface area contributed by atoms with Gasteiger partial charge in [0.2, 0.25) is 0 Å². The molecule has 0 aliphatic rings. The van der Waals surface area contributed by atoms with Gasteiger partial charge in [-0.05, 0) is 23.8 Å². The molecule has 0 aromatic heterocycles. The van der Waals surface area contributed by atoms with Crippen LogP contribution in [0.5, 0.6) is 5.75 Å². The summed E-state index contributed by atoms with van der Waals surface area (Å²) in [7, 11) is 1.52. The molecule has 0 aliphatic heterocycles. The number of hydrogen-bond acceptors (Lipinski definition) is 2. The first-order valence-corrected chi connectivity index (χ1v) is 6.04. The second-order valence-corrected chi connectivity index (χ2v) is 4.21. The van der Waals surface area contributed by atoms with Crippen LogP contribution in [0.4, 0.5) is 18.9 Å². The van der Waals surface area contributed by atoms with Gasteiger partial charge in [0.25, 0.3) is 0 Å². The number of ether oxygens (including phenoxy) is 1. The summed E-state index contributed by atoms with van der Waals surface area (Å²) in [6.45, 7) is 0.0794. The maximum Gasteiger partial charge on any atom is 0.416 e. The van der Waals surface area contributed by atoms with Gasteiger partial charge in [0.05, 0.1) is 18.4 Å². The third kappa shape index (κ3) is 3.23. The number of nitrogens with one attached hydrogen (secondary N) is 1. The highest BCUT2D eigenvalue weighted by Gasteiger charge is 2.32. The lowest BCUT2D eigenvalue weighted by molar-refractivity contribution is -0.138. The molecule has 0 unspecified atom stereocenters. The van der Waals surface area contributed by atoms with Crippen molar-refractivity contribution in [2.75, 3.05) is 12.4 Å². The number of alkyl halides is 3. The molecule has 106 valence electrons. The van der Waals surface area contributed by atoms with Crippen LogP contribution in [0.25, 0.3) is 0 Å². The van der Waals surface area contributed by atoms with E-state index in [4.69, 9.17) is 4.74 Å². The standard InChI is InChI=1S/C15H14F3NO/c1-20-14-9-5-4-8-13(14)19-10-11-6-2-3-7-12(11)15(16,17)18/h2-9,19H,10H2,1H3. The van der Waals surface area contributed by atoms with E-state index in [0.29, 0.717) is 11.4 Å². The van der Waals surface area contributed by atoms with Crippen LogP contribution in [0.3, 0.4) is 0 Å². The Morgan fingerprint density at radius 1 is 1.00 bits per heavy atom. The number of para-hydroxylation sites is 2. The van der Waals surface area contributed by atoms with E-state index in [9.17, 15) is 13.2 Å². The number of methoxy groups -OCH3 is 1. The van der Waals surface area contributed by atoms with Crippen molar-refractivity contribution >= 4 is 5.69 Å². The van der Waals surface area contributed by atoms with Gasteiger partial charge in [-0.1, -0.05) is 30.3 Å². The summed E-state index contributed by atoms with van der Waals surface area (Å²) in [4.78, 5) is 0. The fraction of sp³-hybridized carbons (Fsp3) is 0.200. The Morgan fingerprint density at radius 3 is 2.35 bits per heavy atom. The van der Waals surface area contributed by atoms with E-state index in [1.165, 1.54) is 19.2 Å². The van der Waals surface area contributed by atoms with Crippen LogP contribution >= 0.6 is 0 Å². The highest BCUT2D eigenvalue weighted by Crippen LogP contribution is 2.32. The molecule has 2 aromatic rings. The summed E-state index contributed by atoms with van der Waals surface area (Å²) in [5, 5.41) is 2.97. The van der Waals surface area contributed by atoms with Crippen molar-refractivity contribution < 1.29 is 17.9 Å². The maximum atomic E-state index is 12.9. The minimum Gasteiger partial charge on any atom is -0.495 e. The van der Waals surface area contributed by atoms with Crippen LogP contribution in [-0.2, 0) is 12.7 Å². The molecular weight excluding hydrogens is 267 g/mol. The quantitative estimate of drug-likeness (QED) is 0.900. The average molecular weight is 281 g/mol. The molecule has 0 saturated heterocycles. The second-order valence-electron chi connectivity index (χ2n) is 4.21. The van der Waals surface area contributed by atoms with Gasteiger partial charge in [0, 0.05) is 6.54 Å². The zero-order valence-corrected chi connectivity index (χ0v) is 10.9. The molecule has 0 spiro atoms. The van der Waals surface area contributed by atoms with Crippen LogP contribution in [-0.4, -0.2) is 7.11 Å². The first-order valence-electron chi connectivity index (χ1n) is 6.04. The van der Waals surface area contributed by atoms with Crippen LogP contribution in [0.2, 0.25) is 0 Å². The normalized spacial score (nSPS) is 11.2. The van der Waals surface area contributed by atoms with Gasteiger partial charge in [-0.3, -0.25) is 0 Å². The monoisotopic (exact) mass is 281 g/mol. The van der Waals surface area contributed by atoms with Crippen molar-refractivity contribution in [2.45, 2.75) is 12.7 Å². The second kappa shape index (κ2) is 5.86. The van der Waals surface area contributed by atoms with Gasteiger partial charge in [0.1, 0.15) is 5.75 Å². The number of rotatable bonds is 4. The maximum absolute atomic E-state index is 12.9. The van der Waals surface area contributed by atoms with Crippen molar-refractivity contribution in [3.05, 3.63) is 59.7 Å². The van der Waals surface area contributed by atoms with Gasteiger partial charge in [-0.2, -0.15) is 13.2 Å². The Labute approximate surface area is 115 Å². The number of hydrogen-bond donors (Lipinski definition) is 1. The highest BCUT2D eigenvalue weighted by atomic mass is 19.4. The Balaban J connectivity index is 2.20. The van der Waals surface area contributed by atoms with Crippen LogP contribution in [0.1, 0.15) is 11.1 Å². The number of anilines is 1. The van der Waals surface area contributed by atoms with E-state index in [-0.39, 0.29) is 12.1 Å². The van der Waals surface area contributed by atoms with Crippen LogP contribution < -0.4 is 10.1 Å². The molecule has 20 heavy (non-hydrogen) atoms. The van der Waals surface area contributed by atoms with Gasteiger partial charge in [-0.15, -0.1) is 0 Å². The van der Waals surface area contributed by atoms with Crippen LogP contribution in [0, 0.1) is 0 Å². The van der Waals surface area contributed by atoms with E-state index in [0.717, 1.165) is 6.07 Å². The molecule has 0 aliphatic carbocycles. The molecule has 0 amide bonds. The molecular formula is C15H14F3NO. The molecule has 2 nitrogen and oxygen atoms in total. The molecule has 1 N–H and O–H groups in total. The predicted molar refractivity (Wildman–Crippen MR) is 71.8 cm³/mol. The minimum absolute atomic E-state index is 0.0794. The molecule has 0 atom stereocenters. The topological polar surface area (TPSA) is 21.3 Å². The Kier molecular flexibility index (Phi) is 4.17. The van der Waals surface area contributed by atoms with Crippen molar-refractivity contribution in [1.82, 2.24) is 0 Å². The van der Waals surface area contributed by atoms with E-state index in [2.05, 4.69) is 5.32 Å². The molecule has 0 radical (unpaired) electrons. The summed E-state index contributed by atoms with van der Waals surface area (Å²) in [5.41, 5.74) is 0.236. The first kappa shape index (κ1) is 14.2. The molecule has 2 rings (SSSR count). The molecule has 0 fully saturated rings. The average Bonchev–Trinajstić information content (AvgIpc) is 2.44. The third-order valence-electron chi connectivity index (χ3n) is 2.90. The van der Waals surface area contributed by atoms with Crippen molar-refractivity contribution in [3.63, 3.8) is 0 Å². The van der Waals surface area contributed by atoms with E-state index >= 15 is 0 Å². The summed E-state index contributed by atoms with van der Waals surface area (Å²) < 4.78 is 43.7. The zero-order valence-electron chi connectivity index (χ0n) is 10.9. The summed E-state index contributed by atoms with van der Waals surface area (Å²) in [6, 6.07) is 12.6. The van der Waals surface area contributed by atoms with E-state index in [1.807, 2.05) is 0 Å². The van der Waals surface area contributed by atoms with Crippen molar-refractivity contribution in [2.24, 2.45) is 0 Å². The number of benzene rings is 2. The summed E-state index contributed by atoms with van der Waals surface area (Å²) >= 11 is 0. The largest absolute Gasteiger partial charge is 0.495 e. The van der Waals surface area contributed by atoms with Gasteiger partial charge >= 0.3 is 6.18 Å². The van der Waals surface area contributed by atoms with E-state index in [1.54, 1.807) is 30.3 Å². The lowest BCUT2D eigenvalue weighted by Crippen LogP contribution is -2.11. The number of halogens is 3. The molecule has 0 bridgehead atoms. The Hall–Kier alpha value is -2.17. The SMILES string of the molecule is COc1ccccc1NCc1ccccc1C(F)(F)F. The molecule has 0 saturated carbocycles. The fourth-order valence-electron chi connectivity index (χ4n) is 1.93. The molecule has 5 heteroatoms. The van der Waals surface area contributed by atoms with Gasteiger partial charge in [-0.25, -0.2) is 0 Å². The first-order chi connectivity index (χ1) is 9.52. The van der Waals surface area contributed by atoms with Crippen molar-refractivity contribution in [3.8, 4) is 5.75 Å². The van der Waals surface area contributed by atoms with Gasteiger partial charge in [0.15, 0.2) is 0 Å². The Bertz CT molecular complexity index is 581. The lowest BCUT2D eigenvalue weighted by Gasteiger charge is -2.15. The highest BCUT2D eigenvalue weighted by molar-refractivity contribution is 5.56. The van der Waals surface area contributed by atoms with Gasteiger partial charge < -0.3 is 10.1 Å². The summed E-state index contributed by atoms with van der Waals surface area (Å²) in [6.07, 6.45) is -4.35. The smallest absolute Gasteiger partial charge is 0.416 e. The minimum atomic E-state index is -4.35. The van der Waals surface area contributed by atoms with Crippen LogP contribution in [0.15, 0.2) is 48.5 Å². The lowest BCUT2D eigenvalue weighted by atomic mass is 10.1. The van der Waals surface area contributed by atoms with Crippen molar-refractivity contribution in [1.29, 1.82) is 0 Å². The Morgan fingerprint density at radius 2 is 1.65 bits per heavy atom. The predicted octanol–water partition coefficient (Wildman–Crippen LogP) is 4.33. The molecule has 2 aromatic carbocycles. The zero-order chi connectivity index (χ0) is 14.6. The third-order valence-corrected chi connectivity index (χ3v) is 2.90. The van der Waals surface area contributed by atoms with E-state index < -0.39 is 11.7 Å². The fourth-order valence-corrected chi connectivity index (χ4v) is 1.93. The molecule has 0 heterocycles. The summed E-state index contributed by atoms with van der Waals surface area (Å²) in [5.74, 6) is 0.594.